The van der Waals surface area contributed by atoms with Crippen LogP contribution in [0.5, 0.6) is 0 Å². The fraction of sp³-hybridized carbons (Fsp3) is 0.471. The zero-order valence-corrected chi connectivity index (χ0v) is 13.4. The maximum atomic E-state index is 12.4. The van der Waals surface area contributed by atoms with Gasteiger partial charge in [0.25, 0.3) is 11.8 Å². The second-order valence-corrected chi connectivity index (χ2v) is 6.30. The van der Waals surface area contributed by atoms with Gasteiger partial charge < -0.3 is 15.3 Å². The monoisotopic (exact) mass is 318 g/mol. The van der Waals surface area contributed by atoms with E-state index in [0.29, 0.717) is 17.7 Å². The fourth-order valence-electron chi connectivity index (χ4n) is 2.27. The van der Waals surface area contributed by atoms with Crippen LogP contribution in [-0.2, 0) is 4.79 Å². The quantitative estimate of drug-likeness (QED) is 0.802. The number of nitrogens with zero attached hydrogens (tertiary/aromatic N) is 1. The van der Waals surface area contributed by atoms with Crippen molar-refractivity contribution < 1.29 is 19.5 Å². The van der Waals surface area contributed by atoms with Crippen LogP contribution in [0.4, 0.5) is 0 Å². The minimum absolute atomic E-state index is 0.143. The van der Waals surface area contributed by atoms with Gasteiger partial charge in [-0.3, -0.25) is 14.4 Å². The number of nitrogens with one attached hydrogen (secondary N) is 1. The van der Waals surface area contributed by atoms with Gasteiger partial charge in [-0.2, -0.15) is 0 Å². The van der Waals surface area contributed by atoms with Gasteiger partial charge in [0.15, 0.2) is 0 Å². The fourth-order valence-corrected chi connectivity index (χ4v) is 2.27. The summed E-state index contributed by atoms with van der Waals surface area (Å²) < 4.78 is 0. The van der Waals surface area contributed by atoms with Crippen LogP contribution in [-0.4, -0.2) is 46.9 Å². The van der Waals surface area contributed by atoms with E-state index in [0.717, 1.165) is 12.8 Å². The van der Waals surface area contributed by atoms with Gasteiger partial charge >= 0.3 is 5.97 Å². The van der Waals surface area contributed by atoms with Crippen LogP contribution < -0.4 is 5.32 Å². The molecular formula is C17H22N2O4. The number of carbonyl (C=O) groups excluding carboxylic acids is 2. The van der Waals surface area contributed by atoms with Crippen molar-refractivity contribution in [1.29, 1.82) is 0 Å². The summed E-state index contributed by atoms with van der Waals surface area (Å²) in [5.41, 5.74) is 0.886. The number of amides is 2. The number of carbonyl (C=O) groups is 3. The van der Waals surface area contributed by atoms with Crippen molar-refractivity contribution in [3.8, 4) is 0 Å². The van der Waals surface area contributed by atoms with Gasteiger partial charge in [-0.05, 0) is 43.0 Å². The first kappa shape index (κ1) is 17.0. The highest BCUT2D eigenvalue weighted by Crippen LogP contribution is 2.19. The Morgan fingerprint density at radius 2 is 1.74 bits per heavy atom. The summed E-state index contributed by atoms with van der Waals surface area (Å²) in [7, 11) is 0. The Hall–Kier alpha value is -2.37. The minimum atomic E-state index is -1.04. The molecule has 1 fully saturated rings. The van der Waals surface area contributed by atoms with E-state index in [1.165, 1.54) is 4.90 Å². The predicted molar refractivity (Wildman–Crippen MR) is 85.3 cm³/mol. The number of hydrogen-bond acceptors (Lipinski definition) is 3. The topological polar surface area (TPSA) is 86.7 Å². The Labute approximate surface area is 135 Å². The molecule has 1 aliphatic rings. The van der Waals surface area contributed by atoms with Crippen LogP contribution in [0.3, 0.4) is 0 Å². The molecule has 0 atom stereocenters. The highest BCUT2D eigenvalue weighted by atomic mass is 16.4. The van der Waals surface area contributed by atoms with Crippen LogP contribution in [0.15, 0.2) is 24.3 Å². The third kappa shape index (κ3) is 5.09. The zero-order chi connectivity index (χ0) is 17.0. The van der Waals surface area contributed by atoms with Gasteiger partial charge in [-0.1, -0.05) is 13.8 Å². The smallest absolute Gasteiger partial charge is 0.323 e. The van der Waals surface area contributed by atoms with Crippen molar-refractivity contribution in [2.45, 2.75) is 32.7 Å². The molecule has 23 heavy (non-hydrogen) atoms. The number of carboxylic acids is 1. The molecule has 124 valence electrons. The van der Waals surface area contributed by atoms with Crippen LogP contribution in [0.1, 0.15) is 47.4 Å². The summed E-state index contributed by atoms with van der Waals surface area (Å²) in [6, 6.07) is 6.61. The zero-order valence-electron chi connectivity index (χ0n) is 13.4. The van der Waals surface area contributed by atoms with Gasteiger partial charge in [-0.15, -0.1) is 0 Å². The van der Waals surface area contributed by atoms with E-state index in [9.17, 15) is 14.4 Å². The van der Waals surface area contributed by atoms with Crippen molar-refractivity contribution in [3.05, 3.63) is 35.4 Å². The predicted octanol–water partition coefficient (Wildman–Crippen LogP) is 1.76. The van der Waals surface area contributed by atoms with Gasteiger partial charge in [0.1, 0.15) is 6.54 Å². The van der Waals surface area contributed by atoms with Crippen molar-refractivity contribution in [1.82, 2.24) is 10.2 Å². The molecule has 0 bridgehead atoms. The molecule has 2 N–H and O–H groups in total. The van der Waals surface area contributed by atoms with E-state index in [1.54, 1.807) is 24.3 Å². The third-order valence-corrected chi connectivity index (χ3v) is 3.51. The molecule has 0 spiro atoms. The second kappa shape index (κ2) is 7.26. The van der Waals surface area contributed by atoms with E-state index in [4.69, 9.17) is 5.11 Å². The summed E-state index contributed by atoms with van der Waals surface area (Å²) in [6.07, 6.45) is 2.03. The molecule has 1 aromatic rings. The first-order chi connectivity index (χ1) is 10.9. The molecule has 1 aromatic carbocycles. The lowest BCUT2D eigenvalue weighted by molar-refractivity contribution is -0.137. The summed E-state index contributed by atoms with van der Waals surface area (Å²) in [5.74, 6) is -1.35. The molecule has 1 aliphatic carbocycles. The molecular weight excluding hydrogens is 296 g/mol. The van der Waals surface area contributed by atoms with Crippen LogP contribution in [0.2, 0.25) is 0 Å². The summed E-state index contributed by atoms with van der Waals surface area (Å²) >= 11 is 0. The second-order valence-electron chi connectivity index (χ2n) is 6.30. The van der Waals surface area contributed by atoms with E-state index in [2.05, 4.69) is 5.32 Å². The lowest BCUT2D eigenvalue weighted by Crippen LogP contribution is -2.38. The maximum Gasteiger partial charge on any atom is 0.323 e. The van der Waals surface area contributed by atoms with E-state index in [-0.39, 0.29) is 30.3 Å². The Morgan fingerprint density at radius 1 is 1.17 bits per heavy atom. The Balaban J connectivity index is 2.07. The molecule has 6 nitrogen and oxygen atoms in total. The van der Waals surface area contributed by atoms with Gasteiger partial charge in [-0.25, -0.2) is 0 Å². The Bertz CT molecular complexity index is 591. The average Bonchev–Trinajstić information content (AvgIpc) is 3.29. The highest BCUT2D eigenvalue weighted by Gasteiger charge is 2.24. The average molecular weight is 318 g/mol. The van der Waals surface area contributed by atoms with Gasteiger partial charge in [0.05, 0.1) is 0 Å². The van der Waals surface area contributed by atoms with Gasteiger partial charge in [0, 0.05) is 23.7 Å². The molecule has 0 saturated heterocycles. The first-order valence-electron chi connectivity index (χ1n) is 7.79. The van der Waals surface area contributed by atoms with Crippen molar-refractivity contribution in [2.75, 3.05) is 13.1 Å². The van der Waals surface area contributed by atoms with Crippen molar-refractivity contribution in [3.63, 3.8) is 0 Å². The summed E-state index contributed by atoms with van der Waals surface area (Å²) in [6.45, 7) is 3.89. The van der Waals surface area contributed by atoms with Crippen LogP contribution in [0, 0.1) is 5.92 Å². The third-order valence-electron chi connectivity index (χ3n) is 3.51. The largest absolute Gasteiger partial charge is 0.480 e. The minimum Gasteiger partial charge on any atom is -0.480 e. The first-order valence-corrected chi connectivity index (χ1v) is 7.79. The Morgan fingerprint density at radius 3 is 2.22 bits per heavy atom. The molecule has 0 radical (unpaired) electrons. The number of hydrogen-bond donors (Lipinski definition) is 2. The molecule has 2 amide bonds. The highest BCUT2D eigenvalue weighted by molar-refractivity contribution is 5.98. The SMILES string of the molecule is CC(C)CN(CC(=O)O)C(=O)c1ccc(C(=O)NC2CC2)cc1. The summed E-state index contributed by atoms with van der Waals surface area (Å²) in [4.78, 5) is 36.6. The number of rotatable bonds is 7. The number of benzene rings is 1. The normalized spacial score (nSPS) is 13.7. The van der Waals surface area contributed by atoms with Crippen molar-refractivity contribution in [2.24, 2.45) is 5.92 Å². The van der Waals surface area contributed by atoms with E-state index in [1.807, 2.05) is 13.8 Å². The lowest BCUT2D eigenvalue weighted by Gasteiger charge is -2.22. The van der Waals surface area contributed by atoms with Crippen LogP contribution in [0.25, 0.3) is 0 Å². The lowest BCUT2D eigenvalue weighted by atomic mass is 10.1. The Kier molecular flexibility index (Phi) is 5.36. The molecule has 0 aliphatic heterocycles. The molecule has 0 aromatic heterocycles. The van der Waals surface area contributed by atoms with Gasteiger partial charge in [0.2, 0.25) is 0 Å². The van der Waals surface area contributed by atoms with E-state index < -0.39 is 5.97 Å². The molecule has 1 saturated carbocycles. The number of aliphatic carboxylic acids is 1. The molecule has 0 heterocycles. The van der Waals surface area contributed by atoms with Crippen LogP contribution >= 0.6 is 0 Å². The van der Waals surface area contributed by atoms with E-state index >= 15 is 0 Å². The molecule has 6 heteroatoms. The standard InChI is InChI=1S/C17H22N2O4/c1-11(2)9-19(10-15(20)21)17(23)13-5-3-12(4-6-13)16(22)18-14-7-8-14/h3-6,11,14H,7-10H2,1-2H3,(H,18,22)(H,20,21). The van der Waals surface area contributed by atoms with Crippen molar-refractivity contribution >= 4 is 17.8 Å². The maximum absolute atomic E-state index is 12.4. The molecule has 2 rings (SSSR count). The number of carboxylic acid groups (broad SMARTS) is 1. The summed E-state index contributed by atoms with van der Waals surface area (Å²) in [5, 5.41) is 11.8. The molecule has 0 unspecified atom stereocenters.